The van der Waals surface area contributed by atoms with Crippen LogP contribution in [0, 0.1) is 5.41 Å². The first-order valence-electron chi connectivity index (χ1n) is 5.62. The van der Waals surface area contributed by atoms with Crippen LogP contribution in [-0.2, 0) is 18.6 Å². The van der Waals surface area contributed by atoms with Crippen LogP contribution >= 0.6 is 10.7 Å². The molecule has 0 aromatic rings. The normalized spacial score (nSPS) is 30.4. The van der Waals surface area contributed by atoms with Crippen LogP contribution < -0.4 is 0 Å². The largest absolute Gasteiger partial charge is 0.461 e. The van der Waals surface area contributed by atoms with E-state index < -0.39 is 38.2 Å². The summed E-state index contributed by atoms with van der Waals surface area (Å²) in [6.45, 7) is 0. The van der Waals surface area contributed by atoms with Gasteiger partial charge in [0.05, 0.1) is 6.42 Å². The third kappa shape index (κ3) is 2.93. The molecule has 2 rings (SSSR count). The van der Waals surface area contributed by atoms with Gasteiger partial charge in [-0.2, -0.15) is 0 Å². The Labute approximate surface area is 108 Å². The Hall–Kier alpha value is -0.430. The van der Waals surface area contributed by atoms with Crippen molar-refractivity contribution >= 4 is 25.7 Å². The molecule has 1 unspecified atom stereocenters. The van der Waals surface area contributed by atoms with E-state index in [-0.39, 0.29) is 32.1 Å². The number of halogens is 3. The summed E-state index contributed by atoms with van der Waals surface area (Å²) in [7, 11) is 1.32. The van der Waals surface area contributed by atoms with E-state index in [1.54, 1.807) is 0 Å². The molecule has 0 N–H and O–H groups in total. The van der Waals surface area contributed by atoms with Crippen molar-refractivity contribution in [3.63, 3.8) is 0 Å². The van der Waals surface area contributed by atoms with E-state index in [4.69, 9.17) is 15.4 Å². The molecule has 1 spiro atoms. The van der Waals surface area contributed by atoms with Crippen molar-refractivity contribution in [3.05, 3.63) is 0 Å². The molecule has 0 aromatic heterocycles. The molecule has 104 valence electrons. The van der Waals surface area contributed by atoms with E-state index in [1.807, 2.05) is 0 Å². The number of carbonyl (C=O) groups excluding carboxylic acids is 1. The first-order valence-corrected chi connectivity index (χ1v) is 8.09. The van der Waals surface area contributed by atoms with E-state index in [2.05, 4.69) is 0 Å². The van der Waals surface area contributed by atoms with E-state index in [9.17, 15) is 22.0 Å². The maximum Gasteiger partial charge on any atom is 0.306 e. The number of ether oxygens (including phenoxy) is 1. The lowest BCUT2D eigenvalue weighted by Crippen LogP contribution is -2.41. The number of cyclic esters (lactones) is 1. The first-order chi connectivity index (χ1) is 8.12. The minimum Gasteiger partial charge on any atom is -0.461 e. The molecule has 1 saturated heterocycles. The second kappa shape index (κ2) is 4.30. The van der Waals surface area contributed by atoms with Crippen LogP contribution in [0.25, 0.3) is 0 Å². The molecular weight excluding hydrogens is 290 g/mol. The first kappa shape index (κ1) is 14.0. The van der Waals surface area contributed by atoms with E-state index in [0.29, 0.717) is 0 Å². The van der Waals surface area contributed by atoms with Gasteiger partial charge in [0.25, 0.3) is 0 Å². The van der Waals surface area contributed by atoms with Gasteiger partial charge < -0.3 is 4.74 Å². The average Bonchev–Trinajstić information content (AvgIpc) is 2.46. The fourth-order valence-corrected chi connectivity index (χ4v) is 3.86. The van der Waals surface area contributed by atoms with Crippen LogP contribution in [0.3, 0.4) is 0 Å². The van der Waals surface area contributed by atoms with Crippen molar-refractivity contribution in [1.29, 1.82) is 0 Å². The van der Waals surface area contributed by atoms with E-state index >= 15 is 0 Å². The third-order valence-corrected chi connectivity index (χ3v) is 4.86. The number of alkyl halides is 2. The molecule has 1 aliphatic carbocycles. The maximum atomic E-state index is 13.1. The summed E-state index contributed by atoms with van der Waals surface area (Å²) in [4.78, 5) is 11.3. The summed E-state index contributed by atoms with van der Waals surface area (Å²) in [5, 5.41) is 0. The molecule has 1 saturated carbocycles. The minimum atomic E-state index is -3.83. The Morgan fingerprint density at radius 2 is 1.83 bits per heavy atom. The molecule has 0 radical (unpaired) electrons. The molecule has 1 aliphatic heterocycles. The smallest absolute Gasteiger partial charge is 0.306 e. The van der Waals surface area contributed by atoms with Crippen molar-refractivity contribution in [2.45, 2.75) is 44.1 Å². The minimum absolute atomic E-state index is 0.000154. The molecule has 0 bridgehead atoms. The highest BCUT2D eigenvalue weighted by molar-refractivity contribution is 8.13. The van der Waals surface area contributed by atoms with Gasteiger partial charge in [0, 0.05) is 28.9 Å². The zero-order chi connectivity index (χ0) is 13.6. The van der Waals surface area contributed by atoms with Crippen molar-refractivity contribution in [1.82, 2.24) is 0 Å². The SMILES string of the molecule is O=C1CC2(CCC(F)(F)CC2)C(CS(=O)(=O)Cl)O1. The quantitative estimate of drug-likeness (QED) is 0.579. The van der Waals surface area contributed by atoms with Gasteiger partial charge in [-0.15, -0.1) is 0 Å². The monoisotopic (exact) mass is 302 g/mol. The lowest BCUT2D eigenvalue weighted by atomic mass is 9.69. The van der Waals surface area contributed by atoms with E-state index in [1.165, 1.54) is 0 Å². The Kier molecular flexibility index (Phi) is 3.34. The molecule has 0 amide bonds. The average molecular weight is 303 g/mol. The molecule has 1 atom stereocenters. The topological polar surface area (TPSA) is 60.4 Å². The van der Waals surface area contributed by atoms with Crippen molar-refractivity contribution in [3.8, 4) is 0 Å². The molecular formula is C10H13ClF2O4S. The Balaban J connectivity index is 2.17. The predicted octanol–water partition coefficient (Wildman–Crippen LogP) is 2.07. The molecule has 8 heteroatoms. The Morgan fingerprint density at radius 3 is 2.33 bits per heavy atom. The van der Waals surface area contributed by atoms with Gasteiger partial charge in [-0.3, -0.25) is 4.79 Å². The number of hydrogen-bond acceptors (Lipinski definition) is 4. The summed E-state index contributed by atoms with van der Waals surface area (Å²) in [5.41, 5.74) is -0.791. The van der Waals surface area contributed by atoms with Crippen LogP contribution in [0.5, 0.6) is 0 Å². The highest BCUT2D eigenvalue weighted by atomic mass is 35.7. The maximum absolute atomic E-state index is 13.1. The molecule has 4 nitrogen and oxygen atoms in total. The fourth-order valence-electron chi connectivity index (χ4n) is 2.73. The van der Waals surface area contributed by atoms with Gasteiger partial charge >= 0.3 is 5.97 Å². The van der Waals surface area contributed by atoms with Gasteiger partial charge in [0.1, 0.15) is 11.9 Å². The highest BCUT2D eigenvalue weighted by Crippen LogP contribution is 2.51. The number of rotatable bonds is 2. The van der Waals surface area contributed by atoms with Gasteiger partial charge in [0.2, 0.25) is 15.0 Å². The second-order valence-electron chi connectivity index (χ2n) is 5.08. The van der Waals surface area contributed by atoms with Gasteiger partial charge in [-0.1, -0.05) is 0 Å². The molecule has 18 heavy (non-hydrogen) atoms. The lowest BCUT2D eigenvalue weighted by Gasteiger charge is -2.38. The predicted molar refractivity (Wildman–Crippen MR) is 60.0 cm³/mol. The summed E-state index contributed by atoms with van der Waals surface area (Å²) < 4.78 is 53.4. The Bertz CT molecular complexity index is 452. The summed E-state index contributed by atoms with van der Waals surface area (Å²) in [6.07, 6.45) is -1.42. The molecule has 2 aliphatic rings. The number of hydrogen-bond donors (Lipinski definition) is 0. The van der Waals surface area contributed by atoms with Gasteiger partial charge in [-0.05, 0) is 12.8 Å². The van der Waals surface area contributed by atoms with Gasteiger partial charge in [0.15, 0.2) is 0 Å². The zero-order valence-electron chi connectivity index (χ0n) is 9.50. The van der Waals surface area contributed by atoms with E-state index in [0.717, 1.165) is 0 Å². The second-order valence-corrected chi connectivity index (χ2v) is 7.90. The van der Waals surface area contributed by atoms with Crippen LogP contribution in [0.1, 0.15) is 32.1 Å². The summed E-state index contributed by atoms with van der Waals surface area (Å²) >= 11 is 0. The van der Waals surface area contributed by atoms with Crippen LogP contribution in [0.15, 0.2) is 0 Å². The van der Waals surface area contributed by atoms with Crippen LogP contribution in [0.2, 0.25) is 0 Å². The van der Waals surface area contributed by atoms with Crippen molar-refractivity contribution in [2.75, 3.05) is 5.75 Å². The van der Waals surface area contributed by atoms with Crippen molar-refractivity contribution < 1.29 is 26.7 Å². The van der Waals surface area contributed by atoms with Crippen LogP contribution in [-0.4, -0.2) is 32.2 Å². The lowest BCUT2D eigenvalue weighted by molar-refractivity contribution is -0.141. The fraction of sp³-hybridized carbons (Fsp3) is 0.900. The number of esters is 1. The molecule has 2 fully saturated rings. The van der Waals surface area contributed by atoms with Gasteiger partial charge in [-0.25, -0.2) is 17.2 Å². The Morgan fingerprint density at radius 1 is 1.28 bits per heavy atom. The molecule has 1 heterocycles. The summed E-state index contributed by atoms with van der Waals surface area (Å²) in [6, 6.07) is 0. The highest BCUT2D eigenvalue weighted by Gasteiger charge is 2.54. The molecule has 0 aromatic carbocycles. The van der Waals surface area contributed by atoms with Crippen LogP contribution in [0.4, 0.5) is 8.78 Å². The third-order valence-electron chi connectivity index (χ3n) is 3.78. The number of carbonyl (C=O) groups is 1. The zero-order valence-corrected chi connectivity index (χ0v) is 11.1. The standard InChI is InChI=1S/C10H13ClF2O4S/c11-18(15,16)6-7-9(5-8(14)17-7)1-3-10(12,13)4-2-9/h7H,1-6H2. The summed E-state index contributed by atoms with van der Waals surface area (Å²) in [5.74, 6) is -3.78. The van der Waals surface area contributed by atoms with Crippen molar-refractivity contribution in [2.24, 2.45) is 5.41 Å².